The Hall–Kier alpha value is -1.91. The molecule has 1 heterocycles. The molecule has 2 N–H and O–H groups in total. The Bertz CT molecular complexity index is 984. The molecule has 3 rings (SSSR count). The van der Waals surface area contributed by atoms with Gasteiger partial charge in [0, 0.05) is 24.4 Å². The number of fused-ring (bicyclic) bond motifs is 1. The van der Waals surface area contributed by atoms with Crippen LogP contribution in [0.3, 0.4) is 0 Å². The van der Waals surface area contributed by atoms with E-state index < -0.39 is 27.1 Å². The minimum absolute atomic E-state index is 0.0377. The Labute approximate surface area is 167 Å². The lowest BCUT2D eigenvalue weighted by molar-refractivity contribution is -0.142. The van der Waals surface area contributed by atoms with Crippen molar-refractivity contribution < 1.29 is 26.7 Å². The van der Waals surface area contributed by atoms with Crippen LogP contribution in [0.5, 0.6) is 0 Å². The number of nitrogens with zero attached hydrogens (tertiary/aromatic N) is 2. The molecule has 29 heavy (non-hydrogen) atoms. The third-order valence-corrected chi connectivity index (χ3v) is 6.89. The third kappa shape index (κ3) is 4.99. The van der Waals surface area contributed by atoms with Crippen LogP contribution in [0.4, 0.5) is 13.2 Å². The van der Waals surface area contributed by atoms with Gasteiger partial charge in [0.1, 0.15) is 0 Å². The monoisotopic (exact) mass is 431 g/mol. The highest BCUT2D eigenvalue weighted by molar-refractivity contribution is 7.90. The van der Waals surface area contributed by atoms with Crippen LogP contribution in [0.15, 0.2) is 24.4 Å². The Balaban J connectivity index is 1.75. The topological polar surface area (TPSA) is 84.2 Å². The number of benzene rings is 1. The Morgan fingerprint density at radius 3 is 2.59 bits per heavy atom. The Kier molecular flexibility index (Phi) is 6.07. The molecule has 0 spiro atoms. The van der Waals surface area contributed by atoms with E-state index in [1.807, 2.05) is 18.2 Å². The number of nitrogens with one attached hydrogen (secondary N) is 1. The highest BCUT2D eigenvalue weighted by Gasteiger charge is 2.37. The third-order valence-electron chi connectivity index (χ3n) is 4.99. The number of aliphatic hydroxyl groups excluding tert-OH is 1. The van der Waals surface area contributed by atoms with Crippen LogP contribution >= 0.6 is 0 Å². The van der Waals surface area contributed by atoms with E-state index in [9.17, 15) is 21.6 Å². The van der Waals surface area contributed by atoms with Gasteiger partial charge in [-0.1, -0.05) is 18.2 Å². The minimum atomic E-state index is -4.57. The first-order valence-electron chi connectivity index (χ1n) is 9.36. The summed E-state index contributed by atoms with van der Waals surface area (Å²) in [6.45, 7) is 3.01. The SMILES string of the molecule is CC(C)S(=O)(=O)N[C@H]1Cc2ccc(Cn3cc(CCO)c(C(F)(F)F)n3)cc2C1. The number of sulfonamides is 1. The fourth-order valence-electron chi connectivity index (χ4n) is 3.49. The van der Waals surface area contributed by atoms with Crippen LogP contribution in [-0.2, 0) is 42.0 Å². The van der Waals surface area contributed by atoms with E-state index in [4.69, 9.17) is 5.11 Å². The highest BCUT2D eigenvalue weighted by Crippen LogP contribution is 2.31. The van der Waals surface area contributed by atoms with Gasteiger partial charge in [0.15, 0.2) is 5.69 Å². The summed E-state index contributed by atoms with van der Waals surface area (Å²) in [6, 6.07) is 5.38. The standard InChI is InChI=1S/C19H24F3N3O3S/c1-12(2)29(27,28)24-17-8-14-4-3-13(7-16(14)9-17)10-25-11-15(5-6-26)18(23-25)19(20,21)22/h3-4,7,11-12,17,24,26H,5-6,8-10H2,1-2H3/t17-/m0/s1. The van der Waals surface area contributed by atoms with E-state index in [1.165, 1.54) is 10.9 Å². The van der Waals surface area contributed by atoms with Gasteiger partial charge < -0.3 is 5.11 Å². The molecule has 2 aromatic rings. The summed E-state index contributed by atoms with van der Waals surface area (Å²) in [6.07, 6.45) is -2.25. The Morgan fingerprint density at radius 1 is 1.28 bits per heavy atom. The van der Waals surface area contributed by atoms with Gasteiger partial charge >= 0.3 is 6.18 Å². The second kappa shape index (κ2) is 8.08. The number of aromatic nitrogens is 2. The number of rotatable bonds is 7. The van der Waals surface area contributed by atoms with Crippen molar-refractivity contribution in [1.82, 2.24) is 14.5 Å². The van der Waals surface area contributed by atoms with Gasteiger partial charge in [0.25, 0.3) is 0 Å². The maximum absolute atomic E-state index is 13.1. The first kappa shape index (κ1) is 21.8. The molecule has 6 nitrogen and oxygen atoms in total. The van der Waals surface area contributed by atoms with Crippen molar-refractivity contribution in [2.45, 2.75) is 57.1 Å². The van der Waals surface area contributed by atoms with E-state index in [0.717, 1.165) is 16.7 Å². The van der Waals surface area contributed by atoms with Crippen LogP contribution in [0.2, 0.25) is 0 Å². The highest BCUT2D eigenvalue weighted by atomic mass is 32.2. The van der Waals surface area contributed by atoms with Gasteiger partial charge in [-0.15, -0.1) is 0 Å². The molecule has 1 atom stereocenters. The number of hydrogen-bond acceptors (Lipinski definition) is 4. The normalized spacial score (nSPS) is 17.1. The van der Waals surface area contributed by atoms with Gasteiger partial charge in [0.05, 0.1) is 11.8 Å². The van der Waals surface area contributed by atoms with Crippen LogP contribution < -0.4 is 4.72 Å². The van der Waals surface area contributed by atoms with Gasteiger partial charge in [-0.3, -0.25) is 4.68 Å². The van der Waals surface area contributed by atoms with Crippen molar-refractivity contribution >= 4 is 10.0 Å². The van der Waals surface area contributed by atoms with E-state index in [2.05, 4.69) is 9.82 Å². The summed E-state index contributed by atoms with van der Waals surface area (Å²) in [4.78, 5) is 0. The van der Waals surface area contributed by atoms with Gasteiger partial charge in [-0.2, -0.15) is 18.3 Å². The number of aliphatic hydroxyl groups is 1. The molecule has 0 saturated heterocycles. The van der Waals surface area contributed by atoms with Gasteiger partial charge in [-0.25, -0.2) is 13.1 Å². The smallest absolute Gasteiger partial charge is 0.396 e. The van der Waals surface area contributed by atoms with Crippen molar-refractivity contribution in [3.05, 3.63) is 52.3 Å². The molecule has 160 valence electrons. The summed E-state index contributed by atoms with van der Waals surface area (Å²) in [5.41, 5.74) is 1.78. The van der Waals surface area contributed by atoms with E-state index in [-0.39, 0.29) is 31.2 Å². The van der Waals surface area contributed by atoms with E-state index >= 15 is 0 Å². The summed E-state index contributed by atoms with van der Waals surface area (Å²) in [7, 11) is -3.37. The second-order valence-electron chi connectivity index (χ2n) is 7.59. The molecule has 0 saturated carbocycles. The molecule has 1 aromatic carbocycles. The van der Waals surface area contributed by atoms with Crippen LogP contribution in [-0.4, -0.2) is 41.2 Å². The summed E-state index contributed by atoms with van der Waals surface area (Å²) < 4.78 is 67.5. The average Bonchev–Trinajstić information content (AvgIpc) is 3.17. The predicted molar refractivity (Wildman–Crippen MR) is 102 cm³/mol. The molecule has 0 aliphatic heterocycles. The molecule has 1 aliphatic carbocycles. The van der Waals surface area contributed by atoms with E-state index in [0.29, 0.717) is 12.8 Å². The van der Waals surface area contributed by atoms with Crippen LogP contribution in [0.25, 0.3) is 0 Å². The van der Waals surface area contributed by atoms with Crippen molar-refractivity contribution in [2.24, 2.45) is 0 Å². The molecule has 0 bridgehead atoms. The molecule has 0 unspecified atom stereocenters. The lowest BCUT2D eigenvalue weighted by Gasteiger charge is -2.14. The summed E-state index contributed by atoms with van der Waals surface area (Å²) in [5.74, 6) is 0. The molecule has 0 radical (unpaired) electrons. The minimum Gasteiger partial charge on any atom is -0.396 e. The largest absolute Gasteiger partial charge is 0.435 e. The lowest BCUT2D eigenvalue weighted by atomic mass is 10.1. The molecule has 0 fully saturated rings. The molecule has 0 amide bonds. The first-order chi connectivity index (χ1) is 13.5. The van der Waals surface area contributed by atoms with Gasteiger partial charge in [0.2, 0.25) is 10.0 Å². The molecule has 1 aliphatic rings. The fraction of sp³-hybridized carbons (Fsp3) is 0.526. The number of halogens is 3. The Morgan fingerprint density at radius 2 is 1.97 bits per heavy atom. The molecular formula is C19H24F3N3O3S. The first-order valence-corrected chi connectivity index (χ1v) is 10.9. The van der Waals surface area contributed by atoms with Crippen molar-refractivity contribution in [1.29, 1.82) is 0 Å². The predicted octanol–water partition coefficient (Wildman–Crippen LogP) is 2.28. The molecule has 1 aromatic heterocycles. The van der Waals surface area contributed by atoms with Gasteiger partial charge in [-0.05, 0) is 49.8 Å². The maximum Gasteiger partial charge on any atom is 0.435 e. The zero-order valence-corrected chi connectivity index (χ0v) is 17.0. The van der Waals surface area contributed by atoms with Crippen LogP contribution in [0.1, 0.15) is 41.8 Å². The quantitative estimate of drug-likeness (QED) is 0.705. The number of hydrogen-bond donors (Lipinski definition) is 2. The molecular weight excluding hydrogens is 407 g/mol. The zero-order chi connectivity index (χ0) is 21.4. The molecule has 10 heteroatoms. The van der Waals surface area contributed by atoms with Crippen molar-refractivity contribution in [3.63, 3.8) is 0 Å². The van der Waals surface area contributed by atoms with Crippen molar-refractivity contribution in [3.8, 4) is 0 Å². The van der Waals surface area contributed by atoms with E-state index in [1.54, 1.807) is 13.8 Å². The summed E-state index contributed by atoms with van der Waals surface area (Å²) in [5, 5.41) is 12.1. The lowest BCUT2D eigenvalue weighted by Crippen LogP contribution is -2.39. The van der Waals surface area contributed by atoms with Crippen LogP contribution in [0, 0.1) is 0 Å². The zero-order valence-electron chi connectivity index (χ0n) is 16.2. The van der Waals surface area contributed by atoms with Crippen molar-refractivity contribution in [2.75, 3.05) is 6.61 Å². The second-order valence-corrected chi connectivity index (χ2v) is 9.86. The maximum atomic E-state index is 13.1. The fourth-order valence-corrected chi connectivity index (χ4v) is 4.40. The number of alkyl halides is 3. The summed E-state index contributed by atoms with van der Waals surface area (Å²) >= 11 is 0. The average molecular weight is 431 g/mol.